The second-order valence-corrected chi connectivity index (χ2v) is 6.67. The van der Waals surface area contributed by atoms with Crippen LogP contribution in [-0.2, 0) is 4.79 Å². The van der Waals surface area contributed by atoms with E-state index in [1.807, 2.05) is 12.1 Å². The maximum Gasteiger partial charge on any atom is 0.266 e. The number of nitrogens with one attached hydrogen (secondary N) is 1. The maximum absolute atomic E-state index is 12.3. The quantitative estimate of drug-likeness (QED) is 0.382. The molecule has 0 saturated carbocycles. The molecule has 7 heteroatoms. The number of carbonyl (C=O) groups excluding carboxylic acids is 1. The first-order chi connectivity index (χ1) is 12.4. The van der Waals surface area contributed by atoms with Gasteiger partial charge in [-0.1, -0.05) is 51.1 Å². The summed E-state index contributed by atoms with van der Waals surface area (Å²) >= 11 is 15.6. The fourth-order valence-corrected chi connectivity index (χ4v) is 3.01. The van der Waals surface area contributed by atoms with Crippen molar-refractivity contribution in [1.29, 1.82) is 5.26 Å². The van der Waals surface area contributed by atoms with Gasteiger partial charge >= 0.3 is 0 Å². The first-order valence-electron chi connectivity index (χ1n) is 7.18. The number of hydrogen-bond acceptors (Lipinski definition) is 3. The van der Waals surface area contributed by atoms with Gasteiger partial charge in [-0.15, -0.1) is 6.42 Å². The monoisotopic (exact) mass is 448 g/mol. The molecule has 0 spiro atoms. The van der Waals surface area contributed by atoms with E-state index in [0.717, 1.165) is 4.47 Å². The summed E-state index contributed by atoms with van der Waals surface area (Å²) in [5, 5.41) is 12.4. The molecule has 1 amide bonds. The van der Waals surface area contributed by atoms with Crippen LogP contribution in [0, 0.1) is 23.7 Å². The molecule has 26 heavy (non-hydrogen) atoms. The zero-order valence-corrected chi connectivity index (χ0v) is 16.3. The number of rotatable bonds is 5. The number of terminal acetylenes is 1. The van der Waals surface area contributed by atoms with Gasteiger partial charge in [0, 0.05) is 10.2 Å². The predicted molar refractivity (Wildman–Crippen MR) is 107 cm³/mol. The van der Waals surface area contributed by atoms with E-state index in [1.54, 1.807) is 18.2 Å². The Bertz CT molecular complexity index is 936. The molecule has 2 rings (SSSR count). The Kier molecular flexibility index (Phi) is 7.12. The van der Waals surface area contributed by atoms with Crippen LogP contribution in [0.15, 0.2) is 46.4 Å². The molecular formula is C19H11BrCl2N2O2. The van der Waals surface area contributed by atoms with Gasteiger partial charge in [-0.05, 0) is 42.0 Å². The molecule has 2 aromatic rings. The zero-order chi connectivity index (χ0) is 19.1. The van der Waals surface area contributed by atoms with Gasteiger partial charge in [0.15, 0.2) is 5.75 Å². The second-order valence-electron chi connectivity index (χ2n) is 4.94. The summed E-state index contributed by atoms with van der Waals surface area (Å²) in [6.07, 6.45) is 6.53. The van der Waals surface area contributed by atoms with E-state index in [-0.39, 0.29) is 28.0 Å². The predicted octanol–water partition coefficient (Wildman–Crippen LogP) is 5.31. The lowest BCUT2D eigenvalue weighted by molar-refractivity contribution is -0.112. The van der Waals surface area contributed by atoms with E-state index in [1.165, 1.54) is 18.2 Å². The van der Waals surface area contributed by atoms with E-state index in [2.05, 4.69) is 27.2 Å². The fourth-order valence-electron chi connectivity index (χ4n) is 1.99. The Labute approximate surface area is 169 Å². The van der Waals surface area contributed by atoms with Gasteiger partial charge in [-0.3, -0.25) is 4.79 Å². The van der Waals surface area contributed by atoms with Gasteiger partial charge < -0.3 is 10.1 Å². The number of ether oxygens (including phenoxy) is 1. The zero-order valence-electron chi connectivity index (χ0n) is 13.2. The van der Waals surface area contributed by atoms with Crippen LogP contribution in [-0.4, -0.2) is 12.5 Å². The molecule has 2 aromatic carbocycles. The minimum atomic E-state index is -0.550. The molecule has 0 aliphatic rings. The molecule has 0 aromatic heterocycles. The Balaban J connectivity index is 2.27. The van der Waals surface area contributed by atoms with Crippen molar-refractivity contribution in [2.24, 2.45) is 0 Å². The number of nitriles is 1. The molecule has 1 N–H and O–H groups in total. The highest BCUT2D eigenvalue weighted by Crippen LogP contribution is 2.34. The van der Waals surface area contributed by atoms with Gasteiger partial charge in [0.2, 0.25) is 0 Å². The third kappa shape index (κ3) is 5.28. The molecule has 0 saturated heterocycles. The topological polar surface area (TPSA) is 62.1 Å². The van der Waals surface area contributed by atoms with E-state index in [9.17, 15) is 10.1 Å². The van der Waals surface area contributed by atoms with Gasteiger partial charge in [0.05, 0.1) is 10.0 Å². The van der Waals surface area contributed by atoms with E-state index >= 15 is 0 Å². The molecular weight excluding hydrogens is 439 g/mol. The Morgan fingerprint density at radius 1 is 1.31 bits per heavy atom. The number of carbonyl (C=O) groups is 1. The molecule has 0 bridgehead atoms. The molecule has 130 valence electrons. The summed E-state index contributed by atoms with van der Waals surface area (Å²) < 4.78 is 6.08. The number of halogens is 3. The molecule has 0 unspecified atom stereocenters. The third-order valence-corrected chi connectivity index (χ3v) is 4.13. The molecule has 0 aliphatic carbocycles. The highest BCUT2D eigenvalue weighted by atomic mass is 79.9. The van der Waals surface area contributed by atoms with Crippen molar-refractivity contribution in [3.8, 4) is 24.2 Å². The normalized spacial score (nSPS) is 10.6. The lowest BCUT2D eigenvalue weighted by Crippen LogP contribution is -2.13. The SMILES string of the molecule is C#CCOc1c(Cl)cc(/C=C(/C#N)C(=O)Nc2cccc(Br)c2)cc1Cl. The fraction of sp³-hybridized carbons (Fsp3) is 0.0526. The van der Waals surface area contributed by atoms with Gasteiger partial charge in [-0.2, -0.15) is 5.26 Å². The molecule has 0 aliphatic heterocycles. The van der Waals surface area contributed by atoms with Crippen LogP contribution in [0.1, 0.15) is 5.56 Å². The van der Waals surface area contributed by atoms with Crippen molar-refractivity contribution in [3.63, 3.8) is 0 Å². The van der Waals surface area contributed by atoms with Crippen molar-refractivity contribution in [2.75, 3.05) is 11.9 Å². The first kappa shape index (κ1) is 19.9. The highest BCUT2D eigenvalue weighted by Gasteiger charge is 2.13. The van der Waals surface area contributed by atoms with E-state index in [0.29, 0.717) is 11.3 Å². The lowest BCUT2D eigenvalue weighted by atomic mass is 10.1. The number of anilines is 1. The number of amides is 1. The van der Waals surface area contributed by atoms with Crippen LogP contribution in [0.4, 0.5) is 5.69 Å². The first-order valence-corrected chi connectivity index (χ1v) is 8.73. The average molecular weight is 450 g/mol. The van der Waals surface area contributed by atoms with Crippen LogP contribution >= 0.6 is 39.1 Å². The summed E-state index contributed by atoms with van der Waals surface area (Å²) in [4.78, 5) is 12.3. The molecule has 0 fully saturated rings. The largest absolute Gasteiger partial charge is 0.478 e. The average Bonchev–Trinajstić information content (AvgIpc) is 2.59. The van der Waals surface area contributed by atoms with Crippen LogP contribution in [0.5, 0.6) is 5.75 Å². The van der Waals surface area contributed by atoms with Crippen LogP contribution < -0.4 is 10.1 Å². The van der Waals surface area contributed by atoms with Crippen molar-refractivity contribution < 1.29 is 9.53 Å². The van der Waals surface area contributed by atoms with Gasteiger partial charge in [0.1, 0.15) is 18.2 Å². The summed E-state index contributed by atoms with van der Waals surface area (Å²) in [5.74, 6) is 2.02. The second kappa shape index (κ2) is 9.31. The third-order valence-electron chi connectivity index (χ3n) is 3.08. The van der Waals surface area contributed by atoms with E-state index in [4.69, 9.17) is 34.4 Å². The number of nitrogens with zero attached hydrogens (tertiary/aromatic N) is 1. The van der Waals surface area contributed by atoms with Crippen molar-refractivity contribution in [3.05, 3.63) is 62.1 Å². The van der Waals surface area contributed by atoms with Crippen molar-refractivity contribution in [1.82, 2.24) is 0 Å². The Morgan fingerprint density at radius 2 is 2.00 bits per heavy atom. The van der Waals surface area contributed by atoms with Crippen LogP contribution in [0.3, 0.4) is 0 Å². The maximum atomic E-state index is 12.3. The van der Waals surface area contributed by atoms with Gasteiger partial charge in [0.25, 0.3) is 5.91 Å². The molecule has 4 nitrogen and oxygen atoms in total. The van der Waals surface area contributed by atoms with Crippen LogP contribution in [0.2, 0.25) is 10.0 Å². The van der Waals surface area contributed by atoms with Crippen molar-refractivity contribution >= 4 is 56.8 Å². The number of benzene rings is 2. The summed E-state index contributed by atoms with van der Waals surface area (Å²) in [5.41, 5.74) is 0.933. The summed E-state index contributed by atoms with van der Waals surface area (Å²) in [7, 11) is 0. The van der Waals surface area contributed by atoms with Crippen molar-refractivity contribution in [2.45, 2.75) is 0 Å². The minimum Gasteiger partial charge on any atom is -0.478 e. The smallest absolute Gasteiger partial charge is 0.266 e. The van der Waals surface area contributed by atoms with Crippen LogP contribution in [0.25, 0.3) is 6.08 Å². The lowest BCUT2D eigenvalue weighted by Gasteiger charge is -2.09. The number of hydrogen-bond donors (Lipinski definition) is 1. The highest BCUT2D eigenvalue weighted by molar-refractivity contribution is 9.10. The minimum absolute atomic E-state index is 0.0209. The summed E-state index contributed by atoms with van der Waals surface area (Å²) in [6, 6.07) is 12.0. The Hall–Kier alpha value is -2.44. The molecule has 0 radical (unpaired) electrons. The molecule has 0 atom stereocenters. The molecule has 0 heterocycles. The van der Waals surface area contributed by atoms with Gasteiger partial charge in [-0.25, -0.2) is 0 Å². The van der Waals surface area contributed by atoms with E-state index < -0.39 is 5.91 Å². The summed E-state index contributed by atoms with van der Waals surface area (Å²) in [6.45, 7) is 0.0209. The Morgan fingerprint density at radius 3 is 2.58 bits per heavy atom. The standard InChI is InChI=1S/C19H11BrCl2N2O2/c1-2-6-26-18-16(21)8-12(9-17(18)22)7-13(11-23)19(25)24-15-5-3-4-14(20)10-15/h1,3-5,7-10H,6H2,(H,24,25)/b13-7-.